The Morgan fingerprint density at radius 2 is 1.95 bits per heavy atom. The number of rotatable bonds is 6. The molecule has 1 atom stereocenters. The third-order valence-electron chi connectivity index (χ3n) is 6.39. The van der Waals surface area contributed by atoms with E-state index in [0.29, 0.717) is 33.5 Å². The molecule has 5 N–H and O–H groups in total. The SMILES string of the molecule is CCO.C[C@@H](Oc1ccc(N)c(C(=N)c2ccc(N3CC4(CNC4)C3)nc2)c1)c1c(Cl)cnc(F)c1Cl. The lowest BCUT2D eigenvalue weighted by molar-refractivity contribution is 0.120. The Labute approximate surface area is 225 Å². The number of nitrogens with zero attached hydrogens (tertiary/aromatic N) is 3. The second-order valence-corrected chi connectivity index (χ2v) is 9.97. The first-order chi connectivity index (χ1) is 17.7. The number of hydrogen-bond donors (Lipinski definition) is 4. The van der Waals surface area contributed by atoms with Crippen LogP contribution in [0.3, 0.4) is 0 Å². The maximum absolute atomic E-state index is 13.8. The maximum atomic E-state index is 13.8. The fraction of sp³-hybridized carbons (Fsp3) is 0.346. The van der Waals surface area contributed by atoms with Gasteiger partial charge in [-0.3, -0.25) is 5.41 Å². The van der Waals surface area contributed by atoms with Gasteiger partial charge in [-0.2, -0.15) is 4.39 Å². The van der Waals surface area contributed by atoms with Crippen molar-refractivity contribution in [3.05, 3.63) is 75.4 Å². The molecule has 0 aliphatic carbocycles. The van der Waals surface area contributed by atoms with Crippen LogP contribution in [0.5, 0.6) is 5.75 Å². The number of halogens is 3. The van der Waals surface area contributed by atoms with E-state index in [1.54, 1.807) is 38.2 Å². The van der Waals surface area contributed by atoms with E-state index in [0.717, 1.165) is 32.0 Å². The van der Waals surface area contributed by atoms with Gasteiger partial charge in [-0.1, -0.05) is 23.2 Å². The van der Waals surface area contributed by atoms with Gasteiger partial charge in [0, 0.05) is 73.0 Å². The lowest BCUT2D eigenvalue weighted by atomic mass is 9.74. The summed E-state index contributed by atoms with van der Waals surface area (Å²) in [6.07, 6.45) is 2.23. The number of aliphatic hydroxyl groups is 1. The van der Waals surface area contributed by atoms with Gasteiger partial charge in [-0.15, -0.1) is 0 Å². The van der Waals surface area contributed by atoms with Crippen molar-refractivity contribution in [1.82, 2.24) is 15.3 Å². The van der Waals surface area contributed by atoms with Gasteiger partial charge in [0.15, 0.2) is 0 Å². The van der Waals surface area contributed by atoms with Crippen LogP contribution >= 0.6 is 23.2 Å². The third kappa shape index (κ3) is 5.65. The molecule has 2 aliphatic heterocycles. The van der Waals surface area contributed by atoms with Gasteiger partial charge in [0.2, 0.25) is 5.95 Å². The highest BCUT2D eigenvalue weighted by Crippen LogP contribution is 2.37. The van der Waals surface area contributed by atoms with Gasteiger partial charge < -0.3 is 25.8 Å². The number of ether oxygens (including phenoxy) is 1. The molecule has 1 spiro atoms. The normalized spacial score (nSPS) is 16.2. The van der Waals surface area contributed by atoms with Gasteiger partial charge in [-0.05, 0) is 44.2 Å². The second-order valence-electron chi connectivity index (χ2n) is 9.19. The number of anilines is 2. The summed E-state index contributed by atoms with van der Waals surface area (Å²) in [6.45, 7) is 7.78. The molecule has 0 amide bonds. The molecule has 2 saturated heterocycles. The van der Waals surface area contributed by atoms with E-state index >= 15 is 0 Å². The van der Waals surface area contributed by atoms with E-state index in [1.165, 1.54) is 6.20 Å². The fourth-order valence-electron chi connectivity index (χ4n) is 4.42. The van der Waals surface area contributed by atoms with Crippen LogP contribution in [0.2, 0.25) is 10.0 Å². The van der Waals surface area contributed by atoms with Crippen molar-refractivity contribution in [2.45, 2.75) is 20.0 Å². The van der Waals surface area contributed by atoms with Gasteiger partial charge >= 0.3 is 0 Å². The van der Waals surface area contributed by atoms with Crippen molar-refractivity contribution in [2.24, 2.45) is 5.41 Å². The highest BCUT2D eigenvalue weighted by atomic mass is 35.5. The number of nitrogen functional groups attached to an aromatic ring is 1. The lowest BCUT2D eigenvalue weighted by Gasteiger charge is -2.56. The summed E-state index contributed by atoms with van der Waals surface area (Å²) in [5, 5.41) is 19.6. The molecule has 0 unspecified atom stereocenters. The van der Waals surface area contributed by atoms with Crippen LogP contribution in [0, 0.1) is 16.8 Å². The van der Waals surface area contributed by atoms with E-state index in [2.05, 4.69) is 20.2 Å². The summed E-state index contributed by atoms with van der Waals surface area (Å²) in [5.74, 6) is 0.534. The minimum atomic E-state index is -0.815. The van der Waals surface area contributed by atoms with Crippen LogP contribution in [-0.4, -0.2) is 53.6 Å². The smallest absolute Gasteiger partial charge is 0.232 e. The van der Waals surface area contributed by atoms with Crippen LogP contribution in [0.1, 0.15) is 36.6 Å². The summed E-state index contributed by atoms with van der Waals surface area (Å²) < 4.78 is 19.8. The van der Waals surface area contributed by atoms with E-state index in [1.807, 2.05) is 12.1 Å². The van der Waals surface area contributed by atoms with Gasteiger partial charge in [0.25, 0.3) is 0 Å². The van der Waals surface area contributed by atoms with E-state index in [9.17, 15) is 4.39 Å². The summed E-state index contributed by atoms with van der Waals surface area (Å²) in [4.78, 5) is 10.3. The largest absolute Gasteiger partial charge is 0.486 e. The van der Waals surface area contributed by atoms with Gasteiger partial charge in [0.1, 0.15) is 22.7 Å². The number of aliphatic hydroxyl groups excluding tert-OH is 1. The molecular weight excluding hydrogens is 518 g/mol. The van der Waals surface area contributed by atoms with E-state index < -0.39 is 12.1 Å². The molecule has 5 rings (SSSR count). The first-order valence-electron chi connectivity index (χ1n) is 11.9. The van der Waals surface area contributed by atoms with Crippen molar-refractivity contribution in [2.75, 3.05) is 43.4 Å². The average molecular weight is 547 g/mol. The number of benzene rings is 1. The Morgan fingerprint density at radius 1 is 1.24 bits per heavy atom. The molecule has 2 aliphatic rings. The number of pyridine rings is 2. The Balaban J connectivity index is 0.00000102. The van der Waals surface area contributed by atoms with Crippen LogP contribution in [0.25, 0.3) is 0 Å². The highest BCUT2D eigenvalue weighted by Gasteiger charge is 2.47. The van der Waals surface area contributed by atoms with Crippen molar-refractivity contribution in [1.29, 1.82) is 5.41 Å². The molecule has 0 radical (unpaired) electrons. The van der Waals surface area contributed by atoms with Crippen molar-refractivity contribution >= 4 is 40.4 Å². The number of nitrogens with two attached hydrogens (primary N) is 1. The zero-order chi connectivity index (χ0) is 26.7. The molecule has 0 bridgehead atoms. The molecule has 2 aromatic heterocycles. The minimum absolute atomic E-state index is 0.184. The molecule has 196 valence electrons. The summed E-state index contributed by atoms with van der Waals surface area (Å²) >= 11 is 12.2. The minimum Gasteiger partial charge on any atom is -0.486 e. The fourth-order valence-corrected chi connectivity index (χ4v) is 5.07. The molecule has 4 heterocycles. The Hall–Kier alpha value is -2.98. The Bertz CT molecular complexity index is 1280. The van der Waals surface area contributed by atoms with E-state index in [4.69, 9.17) is 44.2 Å². The lowest BCUT2D eigenvalue weighted by Crippen LogP contribution is -2.71. The van der Waals surface area contributed by atoms with E-state index in [-0.39, 0.29) is 22.4 Å². The third-order valence-corrected chi connectivity index (χ3v) is 7.05. The Morgan fingerprint density at radius 3 is 2.54 bits per heavy atom. The predicted octanol–water partition coefficient (Wildman–Crippen LogP) is 4.47. The molecule has 2 fully saturated rings. The predicted molar refractivity (Wildman–Crippen MR) is 145 cm³/mol. The van der Waals surface area contributed by atoms with Crippen LogP contribution in [-0.2, 0) is 0 Å². The summed E-state index contributed by atoms with van der Waals surface area (Å²) in [7, 11) is 0. The zero-order valence-corrected chi connectivity index (χ0v) is 22.1. The molecule has 11 heteroatoms. The molecule has 1 aromatic carbocycles. The molecule has 3 aromatic rings. The zero-order valence-electron chi connectivity index (χ0n) is 20.6. The quantitative estimate of drug-likeness (QED) is 0.204. The molecular formula is C26H29Cl2FN6O2. The van der Waals surface area contributed by atoms with Crippen molar-refractivity contribution < 1.29 is 14.2 Å². The standard InChI is InChI=1S/C24H23Cl2FN6O.C2H6O/c1-13(20-17(25)8-32-23(27)21(20)26)34-15-3-4-18(28)16(6-15)22(29)14-2-5-19(31-7-14)33-11-24(12-33)9-30-10-24;1-2-3/h2-8,13,29-30H,9-12,28H2,1H3;3H,2H2,1H3/t13-;/m1./s1. The molecule has 37 heavy (non-hydrogen) atoms. The van der Waals surface area contributed by atoms with Crippen molar-refractivity contribution in [3.63, 3.8) is 0 Å². The first kappa shape index (κ1) is 27.1. The maximum Gasteiger partial charge on any atom is 0.232 e. The first-order valence-corrected chi connectivity index (χ1v) is 12.6. The monoisotopic (exact) mass is 546 g/mol. The Kier molecular flexibility index (Phi) is 8.18. The van der Waals surface area contributed by atoms with Crippen LogP contribution in [0.4, 0.5) is 15.9 Å². The van der Waals surface area contributed by atoms with Crippen molar-refractivity contribution in [3.8, 4) is 5.75 Å². The number of nitrogens with one attached hydrogen (secondary N) is 2. The van der Waals surface area contributed by atoms with Crippen LogP contribution in [0.15, 0.2) is 42.7 Å². The number of hydrogen-bond acceptors (Lipinski definition) is 8. The average Bonchev–Trinajstić information content (AvgIpc) is 2.82. The van der Waals surface area contributed by atoms with Gasteiger partial charge in [0.05, 0.1) is 10.7 Å². The summed E-state index contributed by atoms with van der Waals surface area (Å²) in [5.41, 5.74) is 8.68. The number of aromatic nitrogens is 2. The topological polar surface area (TPSA) is 120 Å². The van der Waals surface area contributed by atoms with Gasteiger partial charge in [-0.25, -0.2) is 9.97 Å². The second kappa shape index (κ2) is 11.2. The van der Waals surface area contributed by atoms with Crippen LogP contribution < -0.4 is 20.7 Å². The highest BCUT2D eigenvalue weighted by molar-refractivity contribution is 6.35. The molecule has 0 saturated carbocycles. The summed E-state index contributed by atoms with van der Waals surface area (Å²) in [6, 6.07) is 8.83. The molecule has 8 nitrogen and oxygen atoms in total.